The summed E-state index contributed by atoms with van der Waals surface area (Å²) in [5, 5.41) is 2.73. The molecule has 0 radical (unpaired) electrons. The maximum atomic E-state index is 12.6. The Morgan fingerprint density at radius 3 is 2.19 bits per heavy atom. The second-order valence-corrected chi connectivity index (χ2v) is 7.07. The van der Waals surface area contributed by atoms with Crippen LogP contribution in [0.2, 0.25) is 0 Å². The highest BCUT2D eigenvalue weighted by Gasteiger charge is 2.27. The predicted molar refractivity (Wildman–Crippen MR) is 79.8 cm³/mol. The van der Waals surface area contributed by atoms with E-state index in [0.717, 1.165) is 11.1 Å². The van der Waals surface area contributed by atoms with Crippen LogP contribution in [0.3, 0.4) is 0 Å². The number of carbonyl (C=O) groups is 1. The zero-order chi connectivity index (χ0) is 15.6. The smallest absolute Gasteiger partial charge is 0.243 e. The molecule has 1 aromatic rings. The first-order chi connectivity index (χ1) is 9.82. The topological polar surface area (TPSA) is 75.7 Å². The highest BCUT2D eigenvalue weighted by atomic mass is 32.2. The van der Waals surface area contributed by atoms with Gasteiger partial charge in [0.05, 0.1) is 18.1 Å². The van der Waals surface area contributed by atoms with E-state index in [9.17, 15) is 13.2 Å². The van der Waals surface area contributed by atoms with Crippen LogP contribution in [-0.2, 0) is 19.6 Å². The molecule has 2 rings (SSSR count). The van der Waals surface area contributed by atoms with Gasteiger partial charge in [-0.1, -0.05) is 0 Å². The van der Waals surface area contributed by atoms with Gasteiger partial charge in [-0.25, -0.2) is 8.42 Å². The molecular weight excluding hydrogens is 292 g/mol. The fourth-order valence-corrected chi connectivity index (χ4v) is 3.96. The van der Waals surface area contributed by atoms with Gasteiger partial charge in [0, 0.05) is 25.7 Å². The van der Waals surface area contributed by atoms with E-state index in [2.05, 4.69) is 5.32 Å². The lowest BCUT2D eigenvalue weighted by molar-refractivity contribution is -0.114. The quantitative estimate of drug-likeness (QED) is 0.912. The molecule has 1 saturated heterocycles. The Balaban J connectivity index is 2.38. The minimum atomic E-state index is -3.51. The third-order valence-electron chi connectivity index (χ3n) is 3.42. The van der Waals surface area contributed by atoms with Crippen molar-refractivity contribution in [1.29, 1.82) is 0 Å². The largest absolute Gasteiger partial charge is 0.379 e. The van der Waals surface area contributed by atoms with Crippen LogP contribution in [0.15, 0.2) is 17.0 Å². The summed E-state index contributed by atoms with van der Waals surface area (Å²) in [6, 6.07) is 3.20. The number of nitrogens with one attached hydrogen (secondary N) is 1. The Morgan fingerprint density at radius 1 is 1.19 bits per heavy atom. The standard InChI is InChI=1S/C14H20N2O4S/c1-10-8-13(9-11(2)14(10)15-12(3)17)21(18,19)16-4-6-20-7-5-16/h8-9H,4-7H2,1-3H3,(H,15,17). The first-order valence-electron chi connectivity index (χ1n) is 6.79. The van der Waals surface area contributed by atoms with Crippen molar-refractivity contribution in [2.45, 2.75) is 25.7 Å². The minimum absolute atomic E-state index is 0.176. The van der Waals surface area contributed by atoms with Crippen LogP contribution in [0.4, 0.5) is 5.69 Å². The van der Waals surface area contributed by atoms with Gasteiger partial charge in [0.1, 0.15) is 0 Å². The van der Waals surface area contributed by atoms with Crippen molar-refractivity contribution in [3.8, 4) is 0 Å². The Bertz CT molecular complexity index is 626. The number of nitrogens with zero attached hydrogens (tertiary/aromatic N) is 1. The van der Waals surface area contributed by atoms with Crippen molar-refractivity contribution >= 4 is 21.6 Å². The fourth-order valence-electron chi connectivity index (χ4n) is 2.38. The normalized spacial score (nSPS) is 16.7. The highest BCUT2D eigenvalue weighted by molar-refractivity contribution is 7.89. The van der Waals surface area contributed by atoms with E-state index in [1.165, 1.54) is 11.2 Å². The van der Waals surface area contributed by atoms with Crippen molar-refractivity contribution in [2.24, 2.45) is 0 Å². The van der Waals surface area contributed by atoms with Gasteiger partial charge in [0.25, 0.3) is 0 Å². The number of amides is 1. The van der Waals surface area contributed by atoms with Crippen molar-refractivity contribution in [2.75, 3.05) is 31.6 Å². The van der Waals surface area contributed by atoms with E-state index >= 15 is 0 Å². The molecule has 0 saturated carbocycles. The van der Waals surface area contributed by atoms with Gasteiger partial charge in [-0.2, -0.15) is 4.31 Å². The Labute approximate surface area is 125 Å². The molecule has 0 bridgehead atoms. The number of aryl methyl sites for hydroxylation is 2. The number of sulfonamides is 1. The molecule has 6 nitrogen and oxygen atoms in total. The summed E-state index contributed by atoms with van der Waals surface area (Å²) in [5.74, 6) is -0.176. The van der Waals surface area contributed by atoms with Crippen molar-refractivity contribution in [3.05, 3.63) is 23.3 Å². The van der Waals surface area contributed by atoms with Crippen LogP contribution in [-0.4, -0.2) is 44.9 Å². The molecule has 116 valence electrons. The van der Waals surface area contributed by atoms with E-state index < -0.39 is 10.0 Å². The van der Waals surface area contributed by atoms with E-state index in [1.807, 2.05) is 0 Å². The molecular formula is C14H20N2O4S. The molecule has 21 heavy (non-hydrogen) atoms. The Kier molecular flexibility index (Phi) is 4.65. The van der Waals surface area contributed by atoms with Crippen molar-refractivity contribution < 1.29 is 17.9 Å². The molecule has 1 heterocycles. The zero-order valence-corrected chi connectivity index (χ0v) is 13.3. The SMILES string of the molecule is CC(=O)Nc1c(C)cc(S(=O)(=O)N2CCOCC2)cc1C. The van der Waals surface area contributed by atoms with Gasteiger partial charge >= 0.3 is 0 Å². The summed E-state index contributed by atoms with van der Waals surface area (Å²) < 4.78 is 31.8. The lowest BCUT2D eigenvalue weighted by atomic mass is 10.1. The summed E-state index contributed by atoms with van der Waals surface area (Å²) in [4.78, 5) is 11.5. The first kappa shape index (κ1) is 15.9. The third kappa shape index (κ3) is 3.42. The highest BCUT2D eigenvalue weighted by Crippen LogP contribution is 2.26. The number of hydrogen-bond acceptors (Lipinski definition) is 4. The summed E-state index contributed by atoms with van der Waals surface area (Å²) in [5.41, 5.74) is 2.14. The number of morpholine rings is 1. The van der Waals surface area contributed by atoms with Crippen molar-refractivity contribution in [1.82, 2.24) is 4.31 Å². The van der Waals surface area contributed by atoms with Gasteiger partial charge in [-0.3, -0.25) is 4.79 Å². The number of hydrogen-bond donors (Lipinski definition) is 1. The van der Waals surface area contributed by atoms with Crippen LogP contribution in [0, 0.1) is 13.8 Å². The summed E-state index contributed by atoms with van der Waals surface area (Å²) >= 11 is 0. The van der Waals surface area contributed by atoms with E-state index in [-0.39, 0.29) is 10.8 Å². The molecule has 7 heteroatoms. The number of ether oxygens (including phenoxy) is 1. The monoisotopic (exact) mass is 312 g/mol. The fraction of sp³-hybridized carbons (Fsp3) is 0.500. The Hall–Kier alpha value is -1.44. The number of benzene rings is 1. The third-order valence-corrected chi connectivity index (χ3v) is 5.29. The maximum Gasteiger partial charge on any atom is 0.243 e. The summed E-state index contributed by atoms with van der Waals surface area (Å²) in [7, 11) is -3.51. The van der Waals surface area contributed by atoms with Gasteiger partial charge in [0.2, 0.25) is 15.9 Å². The molecule has 0 atom stereocenters. The lowest BCUT2D eigenvalue weighted by Gasteiger charge is -2.26. The molecule has 0 spiro atoms. The van der Waals surface area contributed by atoms with Crippen LogP contribution >= 0.6 is 0 Å². The molecule has 1 aliphatic rings. The molecule has 1 amide bonds. The maximum absolute atomic E-state index is 12.6. The molecule has 1 aliphatic heterocycles. The minimum Gasteiger partial charge on any atom is -0.379 e. The summed E-state index contributed by atoms with van der Waals surface area (Å²) in [6.07, 6.45) is 0. The molecule has 1 N–H and O–H groups in total. The number of rotatable bonds is 3. The Morgan fingerprint density at radius 2 is 1.71 bits per heavy atom. The second kappa shape index (κ2) is 6.13. The molecule has 1 aromatic carbocycles. The van der Waals surface area contributed by atoms with Gasteiger partial charge in [-0.05, 0) is 37.1 Å². The second-order valence-electron chi connectivity index (χ2n) is 5.13. The van der Waals surface area contributed by atoms with Crippen LogP contribution in [0.25, 0.3) is 0 Å². The molecule has 0 unspecified atom stereocenters. The van der Waals surface area contributed by atoms with Gasteiger partial charge < -0.3 is 10.1 Å². The number of carbonyl (C=O) groups excluding carboxylic acids is 1. The predicted octanol–water partition coefficient (Wildman–Crippen LogP) is 1.28. The van der Waals surface area contributed by atoms with Crippen LogP contribution in [0.1, 0.15) is 18.1 Å². The van der Waals surface area contributed by atoms with E-state index in [4.69, 9.17) is 4.74 Å². The molecule has 0 aromatic heterocycles. The lowest BCUT2D eigenvalue weighted by Crippen LogP contribution is -2.40. The van der Waals surface area contributed by atoms with E-state index in [0.29, 0.717) is 32.0 Å². The average molecular weight is 312 g/mol. The molecule has 0 aliphatic carbocycles. The van der Waals surface area contributed by atoms with Crippen molar-refractivity contribution in [3.63, 3.8) is 0 Å². The van der Waals surface area contributed by atoms with Gasteiger partial charge in [-0.15, -0.1) is 0 Å². The number of anilines is 1. The van der Waals surface area contributed by atoms with E-state index in [1.54, 1.807) is 26.0 Å². The average Bonchev–Trinajstić information content (AvgIpc) is 2.43. The van der Waals surface area contributed by atoms with Gasteiger partial charge in [0.15, 0.2) is 0 Å². The van der Waals surface area contributed by atoms with Crippen LogP contribution in [0.5, 0.6) is 0 Å². The zero-order valence-electron chi connectivity index (χ0n) is 12.5. The molecule has 1 fully saturated rings. The van der Waals surface area contributed by atoms with Crippen LogP contribution < -0.4 is 5.32 Å². The summed E-state index contributed by atoms with van der Waals surface area (Å²) in [6.45, 7) is 6.58. The first-order valence-corrected chi connectivity index (χ1v) is 8.23.